The first-order valence-corrected chi connectivity index (χ1v) is 9.05. The molecule has 0 radical (unpaired) electrons. The molecule has 0 spiro atoms. The van der Waals surface area contributed by atoms with Crippen molar-refractivity contribution in [2.75, 3.05) is 24.7 Å². The van der Waals surface area contributed by atoms with Crippen LogP contribution in [0.3, 0.4) is 0 Å². The molecule has 0 amide bonds. The van der Waals surface area contributed by atoms with Crippen molar-refractivity contribution in [2.24, 2.45) is 11.8 Å². The SMILES string of the molecule is CC1COc2ccc(C(O)C3CCS(=O)(=O)C3)cc2OC1. The first-order valence-electron chi connectivity index (χ1n) is 7.22. The molecule has 2 aliphatic rings. The summed E-state index contributed by atoms with van der Waals surface area (Å²) in [6.45, 7) is 3.23. The van der Waals surface area contributed by atoms with Crippen LogP contribution in [0.5, 0.6) is 11.5 Å². The van der Waals surface area contributed by atoms with Crippen molar-refractivity contribution in [1.82, 2.24) is 0 Å². The molecule has 1 N–H and O–H groups in total. The summed E-state index contributed by atoms with van der Waals surface area (Å²) in [5, 5.41) is 10.4. The van der Waals surface area contributed by atoms with E-state index >= 15 is 0 Å². The van der Waals surface area contributed by atoms with Crippen molar-refractivity contribution >= 4 is 9.84 Å². The van der Waals surface area contributed by atoms with Gasteiger partial charge in [-0.25, -0.2) is 8.42 Å². The lowest BCUT2D eigenvalue weighted by Gasteiger charge is -2.18. The Morgan fingerprint density at radius 1 is 1.24 bits per heavy atom. The Labute approximate surface area is 124 Å². The van der Waals surface area contributed by atoms with E-state index in [2.05, 4.69) is 0 Å². The van der Waals surface area contributed by atoms with Crippen LogP contribution in [-0.4, -0.2) is 38.2 Å². The standard InChI is InChI=1S/C15H20O5S/c1-10-7-19-13-3-2-11(6-14(13)20-8-10)15(16)12-4-5-21(17,18)9-12/h2-3,6,10,12,15-16H,4-5,7-9H2,1H3. The lowest BCUT2D eigenvalue weighted by molar-refractivity contribution is 0.120. The van der Waals surface area contributed by atoms with Crippen molar-refractivity contribution in [2.45, 2.75) is 19.4 Å². The summed E-state index contributed by atoms with van der Waals surface area (Å²) in [6.07, 6.45) is -0.272. The second-order valence-corrected chi connectivity index (χ2v) is 8.27. The minimum Gasteiger partial charge on any atom is -0.489 e. The summed E-state index contributed by atoms with van der Waals surface area (Å²) >= 11 is 0. The molecule has 1 saturated heterocycles. The van der Waals surface area contributed by atoms with Crippen LogP contribution in [0.15, 0.2) is 18.2 Å². The van der Waals surface area contributed by atoms with E-state index in [1.54, 1.807) is 18.2 Å². The largest absolute Gasteiger partial charge is 0.489 e. The van der Waals surface area contributed by atoms with Gasteiger partial charge in [-0.05, 0) is 24.1 Å². The van der Waals surface area contributed by atoms with Crippen LogP contribution < -0.4 is 9.47 Å². The maximum atomic E-state index is 11.5. The van der Waals surface area contributed by atoms with Gasteiger partial charge in [0, 0.05) is 11.8 Å². The van der Waals surface area contributed by atoms with Gasteiger partial charge in [0.2, 0.25) is 0 Å². The highest BCUT2D eigenvalue weighted by Crippen LogP contribution is 2.37. The summed E-state index contributed by atoms with van der Waals surface area (Å²) in [7, 11) is -2.99. The third-order valence-corrected chi connectivity index (χ3v) is 5.86. The van der Waals surface area contributed by atoms with Gasteiger partial charge in [0.25, 0.3) is 0 Å². The van der Waals surface area contributed by atoms with Crippen molar-refractivity contribution in [3.8, 4) is 11.5 Å². The van der Waals surface area contributed by atoms with E-state index in [1.807, 2.05) is 6.92 Å². The third kappa shape index (κ3) is 3.16. The molecule has 116 valence electrons. The zero-order chi connectivity index (χ0) is 15.0. The molecule has 3 unspecified atom stereocenters. The average molecular weight is 312 g/mol. The maximum Gasteiger partial charge on any atom is 0.161 e. The minimum atomic E-state index is -2.99. The fourth-order valence-electron chi connectivity index (χ4n) is 2.80. The summed E-state index contributed by atoms with van der Waals surface area (Å²) in [5.41, 5.74) is 0.689. The fourth-order valence-corrected chi connectivity index (χ4v) is 4.63. The molecule has 21 heavy (non-hydrogen) atoms. The number of fused-ring (bicyclic) bond motifs is 1. The van der Waals surface area contributed by atoms with E-state index in [0.717, 1.165) is 0 Å². The molecule has 0 aromatic heterocycles. The van der Waals surface area contributed by atoms with E-state index in [9.17, 15) is 13.5 Å². The van der Waals surface area contributed by atoms with Crippen molar-refractivity contribution < 1.29 is 23.0 Å². The monoisotopic (exact) mass is 312 g/mol. The Morgan fingerprint density at radius 3 is 2.62 bits per heavy atom. The molecule has 0 aliphatic carbocycles. The fraction of sp³-hybridized carbons (Fsp3) is 0.600. The molecule has 0 bridgehead atoms. The van der Waals surface area contributed by atoms with Gasteiger partial charge in [-0.2, -0.15) is 0 Å². The normalized spacial score (nSPS) is 28.9. The molecule has 3 atom stereocenters. The second-order valence-electron chi connectivity index (χ2n) is 6.04. The predicted octanol–water partition coefficient (Wildman–Crippen LogP) is 1.56. The Balaban J connectivity index is 1.80. The summed E-state index contributed by atoms with van der Waals surface area (Å²) in [6, 6.07) is 5.34. The third-order valence-electron chi connectivity index (χ3n) is 4.07. The van der Waals surface area contributed by atoms with Crippen LogP contribution in [0.4, 0.5) is 0 Å². The van der Waals surface area contributed by atoms with Crippen molar-refractivity contribution in [3.63, 3.8) is 0 Å². The first-order chi connectivity index (χ1) is 9.94. The zero-order valence-corrected chi connectivity index (χ0v) is 12.8. The number of aliphatic hydroxyl groups excluding tert-OH is 1. The van der Waals surface area contributed by atoms with Gasteiger partial charge >= 0.3 is 0 Å². The van der Waals surface area contributed by atoms with Crippen LogP contribution in [0, 0.1) is 11.8 Å². The van der Waals surface area contributed by atoms with Crippen molar-refractivity contribution in [1.29, 1.82) is 0 Å². The number of benzene rings is 1. The summed E-state index contributed by atoms with van der Waals surface area (Å²) < 4.78 is 34.4. The number of ether oxygens (including phenoxy) is 2. The highest BCUT2D eigenvalue weighted by atomic mass is 32.2. The Kier molecular flexibility index (Phi) is 3.84. The Morgan fingerprint density at radius 2 is 1.95 bits per heavy atom. The molecule has 0 saturated carbocycles. The van der Waals surface area contributed by atoms with Crippen LogP contribution in [0.2, 0.25) is 0 Å². The van der Waals surface area contributed by atoms with E-state index in [1.165, 1.54) is 0 Å². The summed E-state index contributed by atoms with van der Waals surface area (Å²) in [4.78, 5) is 0. The van der Waals surface area contributed by atoms with Crippen LogP contribution in [0.1, 0.15) is 25.0 Å². The molecule has 2 aliphatic heterocycles. The second kappa shape index (κ2) is 5.50. The molecule has 1 aromatic carbocycles. The van der Waals surface area contributed by atoms with Gasteiger partial charge in [0.05, 0.1) is 30.8 Å². The molecule has 5 nitrogen and oxygen atoms in total. The molecule has 6 heteroatoms. The number of aliphatic hydroxyl groups is 1. The highest BCUT2D eigenvalue weighted by Gasteiger charge is 2.34. The van der Waals surface area contributed by atoms with E-state index in [4.69, 9.17) is 9.47 Å². The molecule has 2 heterocycles. The topological polar surface area (TPSA) is 72.8 Å². The molecule has 1 fully saturated rings. The molecular formula is C15H20O5S. The average Bonchev–Trinajstić information content (AvgIpc) is 2.71. The van der Waals surface area contributed by atoms with Gasteiger partial charge in [0.15, 0.2) is 21.3 Å². The summed E-state index contributed by atoms with van der Waals surface area (Å²) in [5.74, 6) is 1.59. The highest BCUT2D eigenvalue weighted by molar-refractivity contribution is 7.91. The maximum absolute atomic E-state index is 11.5. The number of sulfone groups is 1. The van der Waals surface area contributed by atoms with Gasteiger partial charge < -0.3 is 14.6 Å². The minimum absolute atomic E-state index is 0.0552. The lowest BCUT2D eigenvalue weighted by Crippen LogP contribution is -2.14. The van der Waals surface area contributed by atoms with Gasteiger partial charge in [-0.15, -0.1) is 0 Å². The van der Waals surface area contributed by atoms with Gasteiger partial charge in [0.1, 0.15) is 0 Å². The predicted molar refractivity (Wildman–Crippen MR) is 78.3 cm³/mol. The van der Waals surface area contributed by atoms with Crippen LogP contribution in [0.25, 0.3) is 0 Å². The zero-order valence-electron chi connectivity index (χ0n) is 12.0. The lowest BCUT2D eigenvalue weighted by atomic mass is 9.95. The molecule has 3 rings (SSSR count). The molecular weight excluding hydrogens is 292 g/mol. The first kappa shape index (κ1) is 14.7. The number of hydrogen-bond acceptors (Lipinski definition) is 5. The van der Waals surface area contributed by atoms with Gasteiger partial charge in [-0.3, -0.25) is 0 Å². The van der Waals surface area contributed by atoms with E-state index < -0.39 is 15.9 Å². The van der Waals surface area contributed by atoms with Gasteiger partial charge in [-0.1, -0.05) is 13.0 Å². The van der Waals surface area contributed by atoms with Crippen LogP contribution in [-0.2, 0) is 9.84 Å². The van der Waals surface area contributed by atoms with Crippen molar-refractivity contribution in [3.05, 3.63) is 23.8 Å². The Hall–Kier alpha value is -1.27. The Bertz CT molecular complexity index is 625. The number of hydrogen-bond donors (Lipinski definition) is 1. The van der Waals surface area contributed by atoms with E-state index in [0.29, 0.717) is 42.6 Å². The quantitative estimate of drug-likeness (QED) is 0.897. The van der Waals surface area contributed by atoms with Crippen LogP contribution >= 0.6 is 0 Å². The smallest absolute Gasteiger partial charge is 0.161 e. The molecule has 1 aromatic rings. The van der Waals surface area contributed by atoms with E-state index in [-0.39, 0.29) is 17.4 Å². The number of rotatable bonds is 2.